The number of carbonyl (C=O) groups is 4. The lowest BCUT2D eigenvalue weighted by molar-refractivity contribution is -0.274. The van der Waals surface area contributed by atoms with Crippen molar-refractivity contribution in [2.45, 2.75) is 100 Å². The van der Waals surface area contributed by atoms with Crippen molar-refractivity contribution < 1.29 is 59.2 Å². The molecule has 4 aliphatic rings. The van der Waals surface area contributed by atoms with Crippen LogP contribution >= 0.6 is 0 Å². The maximum Gasteiger partial charge on any atom is 0.573 e. The number of rotatable bonds is 8. The largest absolute Gasteiger partial charge is 0.573 e. The molecule has 2 aliphatic carbocycles. The number of halogens is 4. The van der Waals surface area contributed by atoms with Gasteiger partial charge in [0.25, 0.3) is 11.8 Å². The smallest absolute Gasteiger partial charge is 0.472 e. The first-order valence-electron chi connectivity index (χ1n) is 19.5. The summed E-state index contributed by atoms with van der Waals surface area (Å²) in [6.45, 7) is 1.34. The third-order valence-electron chi connectivity index (χ3n) is 11.2. The van der Waals surface area contributed by atoms with E-state index in [0.29, 0.717) is 49.7 Å². The average Bonchev–Trinajstić information content (AvgIpc) is 4.07. The van der Waals surface area contributed by atoms with Crippen LogP contribution in [0, 0.1) is 18.7 Å². The Morgan fingerprint density at radius 2 is 1.80 bits per heavy atom. The van der Waals surface area contributed by atoms with Crippen molar-refractivity contribution in [2.75, 3.05) is 6.54 Å². The van der Waals surface area contributed by atoms with Crippen LogP contribution in [0.3, 0.4) is 0 Å². The quantitative estimate of drug-likeness (QED) is 0.124. The second kappa shape index (κ2) is 15.7. The number of sulfonamides is 1. The monoisotopic (exact) mass is 856 g/mol. The van der Waals surface area contributed by atoms with Gasteiger partial charge in [-0.2, -0.15) is 0 Å². The number of carbonyl (C=O) groups excluding carboxylic acids is 4. The molecule has 2 aromatic heterocycles. The highest BCUT2D eigenvalue weighted by Gasteiger charge is 2.62. The number of nitrogens with one attached hydrogen (secondary N) is 3. The number of nitrogens with zero attached hydrogens (tertiary/aromatic N) is 3. The number of alkyl halides is 3. The van der Waals surface area contributed by atoms with Gasteiger partial charge in [-0.1, -0.05) is 30.2 Å². The molecule has 4 amide bonds. The zero-order valence-electron chi connectivity index (χ0n) is 32.1. The number of benzene rings is 2. The van der Waals surface area contributed by atoms with E-state index in [1.165, 1.54) is 23.1 Å². The highest BCUT2D eigenvalue weighted by Crippen LogP contribution is 2.46. The molecule has 4 aromatic rings. The molecule has 15 nitrogen and oxygen atoms in total. The number of aryl methyl sites for hydroxylation is 1. The Morgan fingerprint density at radius 1 is 1.02 bits per heavy atom. The van der Waals surface area contributed by atoms with E-state index in [1.54, 1.807) is 13.0 Å². The standard InChI is InChI=1S/C40H40F4N6O9S/c1-21-15-32(48-59-21)34(51)45-30-8-6-4-2-3-5-7-22-19-39(22,38(54)49-60(55,56)26-11-12-26)47-35(52)33-18-25(20-50(33)37(30)53)57-36-28-14-10-24(58-40(42,43)44)17-29(28)27-13-9-23(41)16-31(27)46-36/h5,7,9-10,13-17,22,25-26,30,33H,2-4,6,8,11-12,18-20H2,1H3,(H,45,51)(H,47,52)(H,49,54)/b7-5-/t22-,25-,30+,33+,39-/m1/s1. The van der Waals surface area contributed by atoms with Gasteiger partial charge in [-0.3, -0.25) is 23.9 Å². The normalized spacial score (nSPS) is 25.6. The Kier molecular flexibility index (Phi) is 10.7. The van der Waals surface area contributed by atoms with E-state index in [2.05, 4.69) is 30.2 Å². The van der Waals surface area contributed by atoms with Gasteiger partial charge in [0.05, 0.1) is 17.3 Å². The fourth-order valence-corrected chi connectivity index (χ4v) is 9.29. The number of pyridine rings is 1. The summed E-state index contributed by atoms with van der Waals surface area (Å²) in [5.74, 6) is -4.58. The molecule has 60 heavy (non-hydrogen) atoms. The maximum absolute atomic E-state index is 14.6. The Balaban J connectivity index is 1.14. The van der Waals surface area contributed by atoms with Gasteiger partial charge < -0.3 is 29.5 Å². The van der Waals surface area contributed by atoms with Gasteiger partial charge in [0.1, 0.15) is 41.1 Å². The lowest BCUT2D eigenvalue weighted by Crippen LogP contribution is -2.58. The van der Waals surface area contributed by atoms with Crippen LogP contribution in [0.1, 0.15) is 74.0 Å². The second-order valence-electron chi connectivity index (χ2n) is 15.7. The molecule has 2 saturated carbocycles. The van der Waals surface area contributed by atoms with Crippen molar-refractivity contribution in [1.82, 2.24) is 30.4 Å². The molecule has 3 N–H and O–H groups in total. The molecular weight excluding hydrogens is 817 g/mol. The minimum atomic E-state index is -5.00. The molecule has 5 atom stereocenters. The summed E-state index contributed by atoms with van der Waals surface area (Å²) in [5.41, 5.74) is -1.67. The van der Waals surface area contributed by atoms with Crippen LogP contribution in [0.4, 0.5) is 17.6 Å². The van der Waals surface area contributed by atoms with Gasteiger partial charge in [0.15, 0.2) is 5.69 Å². The molecule has 20 heteroatoms. The van der Waals surface area contributed by atoms with Crippen molar-refractivity contribution in [1.29, 1.82) is 0 Å². The van der Waals surface area contributed by atoms with E-state index < -0.39 is 86.5 Å². The minimum Gasteiger partial charge on any atom is -0.472 e. The van der Waals surface area contributed by atoms with Gasteiger partial charge in [-0.15, -0.1) is 13.2 Å². The maximum atomic E-state index is 14.6. The van der Waals surface area contributed by atoms with Gasteiger partial charge in [0.2, 0.25) is 27.7 Å². The number of hydrogen-bond acceptors (Lipinski definition) is 11. The number of amides is 4. The van der Waals surface area contributed by atoms with E-state index in [1.807, 2.05) is 6.08 Å². The van der Waals surface area contributed by atoms with Crippen molar-refractivity contribution in [3.05, 3.63) is 71.9 Å². The molecule has 0 bridgehead atoms. The molecule has 2 aromatic carbocycles. The van der Waals surface area contributed by atoms with E-state index in [4.69, 9.17) is 9.26 Å². The fraction of sp³-hybridized carbons (Fsp3) is 0.450. The van der Waals surface area contributed by atoms with E-state index in [9.17, 15) is 45.2 Å². The molecular formula is C40H40F4N6O9S. The predicted molar refractivity (Wildman–Crippen MR) is 204 cm³/mol. The van der Waals surface area contributed by atoms with Crippen LogP contribution < -0.4 is 24.8 Å². The third-order valence-corrected chi connectivity index (χ3v) is 13.0. The fourth-order valence-electron chi connectivity index (χ4n) is 7.93. The summed E-state index contributed by atoms with van der Waals surface area (Å²) in [6, 6.07) is 5.95. The highest BCUT2D eigenvalue weighted by molar-refractivity contribution is 7.91. The minimum absolute atomic E-state index is 0.0381. The third kappa shape index (κ3) is 8.60. The predicted octanol–water partition coefficient (Wildman–Crippen LogP) is 4.87. The summed E-state index contributed by atoms with van der Waals surface area (Å²) in [5, 5.41) is 9.25. The first kappa shape index (κ1) is 41.0. The van der Waals surface area contributed by atoms with Gasteiger partial charge in [-0.25, -0.2) is 17.8 Å². The summed E-state index contributed by atoms with van der Waals surface area (Å²) >= 11 is 0. The molecule has 0 radical (unpaired) electrons. The van der Waals surface area contributed by atoms with Crippen molar-refractivity contribution in [2.24, 2.45) is 5.92 Å². The SMILES string of the molecule is Cc1cc(C(=O)N[C@H]2CCCCC/C=C\[C@@H]3C[C@@]3(C(=O)NS(=O)(=O)C3CC3)NC(=O)[C@@H]3C[C@@H](Oc4nc5cc(F)ccc5c5cc(OC(F)(F)F)ccc45)CN3C2=O)no1. The molecule has 4 heterocycles. The first-order chi connectivity index (χ1) is 28.5. The molecule has 0 spiro atoms. The van der Waals surface area contributed by atoms with Gasteiger partial charge in [0, 0.05) is 40.6 Å². The van der Waals surface area contributed by atoms with Crippen LogP contribution in [-0.4, -0.2) is 89.0 Å². The Bertz CT molecular complexity index is 2530. The van der Waals surface area contributed by atoms with Crippen LogP contribution in [0.2, 0.25) is 0 Å². The van der Waals surface area contributed by atoms with Crippen molar-refractivity contribution in [3.63, 3.8) is 0 Å². The summed E-state index contributed by atoms with van der Waals surface area (Å²) in [4.78, 5) is 61.9. The average molecular weight is 857 g/mol. The molecule has 3 fully saturated rings. The number of fused-ring (bicyclic) bond motifs is 5. The molecule has 1 saturated heterocycles. The van der Waals surface area contributed by atoms with E-state index in [0.717, 1.165) is 24.3 Å². The summed E-state index contributed by atoms with van der Waals surface area (Å²) < 4.78 is 97.6. The van der Waals surface area contributed by atoms with Crippen LogP contribution in [0.5, 0.6) is 11.6 Å². The van der Waals surface area contributed by atoms with Crippen LogP contribution in [-0.2, 0) is 24.4 Å². The number of allylic oxidation sites excluding steroid dienone is 1. The van der Waals surface area contributed by atoms with Crippen LogP contribution in [0.25, 0.3) is 21.7 Å². The van der Waals surface area contributed by atoms with E-state index >= 15 is 0 Å². The molecule has 2 aliphatic heterocycles. The summed E-state index contributed by atoms with van der Waals surface area (Å²) in [7, 11) is -3.99. The first-order valence-corrected chi connectivity index (χ1v) is 21.1. The lowest BCUT2D eigenvalue weighted by atomic mass is 10.0. The topological polar surface area (TPSA) is 199 Å². The molecule has 318 valence electrons. The second-order valence-corrected chi connectivity index (χ2v) is 17.6. The van der Waals surface area contributed by atoms with Gasteiger partial charge in [-0.05, 0) is 75.8 Å². The number of ether oxygens (including phenoxy) is 2. The highest BCUT2D eigenvalue weighted by atomic mass is 32.2. The Morgan fingerprint density at radius 3 is 2.53 bits per heavy atom. The number of hydrogen-bond donors (Lipinski definition) is 3. The number of aromatic nitrogens is 2. The van der Waals surface area contributed by atoms with Crippen molar-refractivity contribution in [3.8, 4) is 11.6 Å². The molecule has 0 unspecified atom stereocenters. The lowest BCUT2D eigenvalue weighted by Gasteiger charge is -2.29. The van der Waals surface area contributed by atoms with Gasteiger partial charge >= 0.3 is 6.36 Å². The zero-order valence-corrected chi connectivity index (χ0v) is 32.9. The van der Waals surface area contributed by atoms with E-state index in [-0.39, 0.29) is 53.7 Å². The molecule has 8 rings (SSSR count). The Labute approximate surface area is 340 Å². The Hall–Kier alpha value is -5.79. The summed E-state index contributed by atoms with van der Waals surface area (Å²) in [6.07, 6.45) is 0.998. The zero-order chi connectivity index (χ0) is 42.6. The van der Waals surface area contributed by atoms with Crippen LogP contribution in [0.15, 0.2) is 59.1 Å². The van der Waals surface area contributed by atoms with Crippen molar-refractivity contribution >= 4 is 55.3 Å².